The first-order valence-corrected chi connectivity index (χ1v) is 10.1. The van der Waals surface area contributed by atoms with Crippen LogP contribution >= 0.6 is 15.9 Å². The number of benzene rings is 3. The summed E-state index contributed by atoms with van der Waals surface area (Å²) < 4.78 is 18.0. The summed E-state index contributed by atoms with van der Waals surface area (Å²) in [5, 5.41) is 0. The minimum absolute atomic E-state index is 0.168. The van der Waals surface area contributed by atoms with Crippen molar-refractivity contribution in [2.75, 3.05) is 7.11 Å². The molecule has 30 heavy (non-hydrogen) atoms. The van der Waals surface area contributed by atoms with Crippen LogP contribution in [-0.4, -0.2) is 12.9 Å². The number of Topliss-reactive ketones (excluding diaryl/α,β-unsaturated/α-hetero) is 1. The van der Waals surface area contributed by atoms with Crippen molar-refractivity contribution in [3.05, 3.63) is 99.7 Å². The third-order valence-corrected chi connectivity index (χ3v) is 5.23. The first kappa shape index (κ1) is 20.0. The van der Waals surface area contributed by atoms with Crippen LogP contribution in [0.3, 0.4) is 0 Å². The van der Waals surface area contributed by atoms with Gasteiger partial charge >= 0.3 is 0 Å². The zero-order chi connectivity index (χ0) is 21.1. The number of ether oxygens (including phenoxy) is 3. The van der Waals surface area contributed by atoms with Gasteiger partial charge in [0.15, 0.2) is 5.76 Å². The van der Waals surface area contributed by atoms with Crippen molar-refractivity contribution in [1.29, 1.82) is 0 Å². The molecule has 0 unspecified atom stereocenters. The van der Waals surface area contributed by atoms with E-state index in [1.165, 1.54) is 0 Å². The lowest BCUT2D eigenvalue weighted by atomic mass is 10.1. The first-order valence-electron chi connectivity index (χ1n) is 9.33. The molecule has 4 rings (SSSR count). The summed E-state index contributed by atoms with van der Waals surface area (Å²) in [6.07, 6.45) is 3.49. The van der Waals surface area contributed by atoms with E-state index in [0.29, 0.717) is 29.4 Å². The van der Waals surface area contributed by atoms with Crippen LogP contribution in [0.25, 0.3) is 12.2 Å². The molecular weight excluding hydrogens is 444 g/mol. The molecule has 0 bridgehead atoms. The fraction of sp³-hybridized carbons (Fsp3) is 0.0800. The summed E-state index contributed by atoms with van der Waals surface area (Å²) in [6.45, 7) is 4.17. The summed E-state index contributed by atoms with van der Waals surface area (Å²) >= 11 is 3.44. The van der Waals surface area contributed by atoms with E-state index in [-0.39, 0.29) is 11.5 Å². The van der Waals surface area contributed by atoms with E-state index < -0.39 is 0 Å². The van der Waals surface area contributed by atoms with Gasteiger partial charge in [0.2, 0.25) is 5.78 Å². The van der Waals surface area contributed by atoms with Crippen molar-refractivity contribution < 1.29 is 19.0 Å². The SMILES string of the molecule is C=Cc1ccc(COc2ccc3c(c2)OC(=Cc2cc(Br)ccc2OC)C3=O)cc1. The molecule has 0 saturated carbocycles. The number of fused-ring (bicyclic) bond motifs is 1. The van der Waals surface area contributed by atoms with Gasteiger partial charge in [0.25, 0.3) is 0 Å². The van der Waals surface area contributed by atoms with E-state index in [1.807, 2.05) is 42.5 Å². The number of rotatable bonds is 6. The number of allylic oxidation sites excluding steroid dienone is 1. The van der Waals surface area contributed by atoms with Gasteiger partial charge in [-0.2, -0.15) is 0 Å². The van der Waals surface area contributed by atoms with Crippen LogP contribution in [0.15, 0.2) is 77.5 Å². The molecule has 150 valence electrons. The summed E-state index contributed by atoms with van der Waals surface area (Å²) in [4.78, 5) is 12.7. The fourth-order valence-electron chi connectivity index (χ4n) is 3.13. The molecule has 1 heterocycles. The van der Waals surface area contributed by atoms with Crippen LogP contribution in [0.4, 0.5) is 0 Å². The Hall–Kier alpha value is -3.31. The molecule has 0 spiro atoms. The zero-order valence-electron chi connectivity index (χ0n) is 16.4. The molecule has 0 fully saturated rings. The normalized spacial score (nSPS) is 13.7. The van der Waals surface area contributed by atoms with Gasteiger partial charge in [-0.15, -0.1) is 0 Å². The topological polar surface area (TPSA) is 44.8 Å². The van der Waals surface area contributed by atoms with Gasteiger partial charge in [0.05, 0.1) is 12.7 Å². The minimum Gasteiger partial charge on any atom is -0.496 e. The maximum atomic E-state index is 12.7. The molecule has 0 saturated heterocycles. The standard InChI is InChI=1S/C25H19BrO4/c1-3-16-4-6-17(7-5-16)15-29-20-9-10-21-23(14-20)30-24(25(21)27)13-18-12-19(26)8-11-22(18)28-2/h3-14H,1,15H2,2H3. The average molecular weight is 463 g/mol. The number of hydrogen-bond acceptors (Lipinski definition) is 4. The number of halogens is 1. The summed E-state index contributed by atoms with van der Waals surface area (Å²) in [5.74, 6) is 1.86. The van der Waals surface area contributed by atoms with E-state index in [1.54, 1.807) is 37.5 Å². The molecule has 3 aromatic rings. The van der Waals surface area contributed by atoms with Crippen LogP contribution in [-0.2, 0) is 6.61 Å². The van der Waals surface area contributed by atoms with Gasteiger partial charge in [-0.25, -0.2) is 0 Å². The molecule has 0 radical (unpaired) electrons. The monoisotopic (exact) mass is 462 g/mol. The second kappa shape index (κ2) is 8.59. The molecule has 3 aromatic carbocycles. The Morgan fingerprint density at radius 2 is 1.87 bits per heavy atom. The first-order chi connectivity index (χ1) is 14.6. The highest BCUT2D eigenvalue weighted by Gasteiger charge is 2.28. The molecule has 0 atom stereocenters. The van der Waals surface area contributed by atoms with Crippen LogP contribution in [0.2, 0.25) is 0 Å². The number of hydrogen-bond donors (Lipinski definition) is 0. The van der Waals surface area contributed by atoms with E-state index in [2.05, 4.69) is 22.5 Å². The Balaban J connectivity index is 1.52. The average Bonchev–Trinajstić information content (AvgIpc) is 3.07. The Morgan fingerprint density at radius 1 is 1.07 bits per heavy atom. The van der Waals surface area contributed by atoms with Crippen LogP contribution in [0.5, 0.6) is 17.2 Å². The quantitative estimate of drug-likeness (QED) is 0.403. The third kappa shape index (κ3) is 4.16. The van der Waals surface area contributed by atoms with Gasteiger partial charge in [-0.3, -0.25) is 4.79 Å². The van der Waals surface area contributed by atoms with Crippen molar-refractivity contribution in [3.8, 4) is 17.2 Å². The largest absolute Gasteiger partial charge is 0.496 e. The van der Waals surface area contributed by atoms with Gasteiger partial charge in [-0.05, 0) is 47.5 Å². The van der Waals surface area contributed by atoms with E-state index in [0.717, 1.165) is 21.2 Å². The summed E-state index contributed by atoms with van der Waals surface area (Å²) in [5.41, 5.74) is 3.37. The maximum absolute atomic E-state index is 12.7. The summed E-state index contributed by atoms with van der Waals surface area (Å²) in [6, 6.07) is 18.8. The van der Waals surface area contributed by atoms with Crippen molar-refractivity contribution in [2.24, 2.45) is 0 Å². The second-order valence-electron chi connectivity index (χ2n) is 6.72. The van der Waals surface area contributed by atoms with Crippen LogP contribution in [0.1, 0.15) is 27.0 Å². The highest BCUT2D eigenvalue weighted by atomic mass is 79.9. The van der Waals surface area contributed by atoms with Crippen LogP contribution < -0.4 is 14.2 Å². The lowest BCUT2D eigenvalue weighted by Gasteiger charge is -2.08. The molecule has 0 aromatic heterocycles. The number of carbonyl (C=O) groups is 1. The van der Waals surface area contributed by atoms with E-state index >= 15 is 0 Å². The molecule has 0 aliphatic carbocycles. The Labute approximate surface area is 183 Å². The number of ketones is 1. The molecule has 1 aliphatic rings. The second-order valence-corrected chi connectivity index (χ2v) is 7.63. The highest BCUT2D eigenvalue weighted by Crippen LogP contribution is 2.36. The molecule has 0 amide bonds. The third-order valence-electron chi connectivity index (χ3n) is 4.74. The Morgan fingerprint density at radius 3 is 2.60 bits per heavy atom. The zero-order valence-corrected chi connectivity index (χ0v) is 17.9. The lowest BCUT2D eigenvalue weighted by Crippen LogP contribution is -1.99. The number of carbonyl (C=O) groups excluding carboxylic acids is 1. The molecular formula is C25H19BrO4. The minimum atomic E-state index is -0.168. The Bertz CT molecular complexity index is 1150. The fourth-order valence-corrected chi connectivity index (χ4v) is 3.51. The molecule has 0 N–H and O–H groups in total. The van der Waals surface area contributed by atoms with Gasteiger partial charge < -0.3 is 14.2 Å². The predicted molar refractivity (Wildman–Crippen MR) is 121 cm³/mol. The molecule has 4 nitrogen and oxygen atoms in total. The van der Waals surface area contributed by atoms with Crippen LogP contribution in [0, 0.1) is 0 Å². The number of methoxy groups -OCH3 is 1. The van der Waals surface area contributed by atoms with Gasteiger partial charge in [-0.1, -0.05) is 52.9 Å². The predicted octanol–water partition coefficient (Wildman–Crippen LogP) is 6.30. The van der Waals surface area contributed by atoms with Crippen molar-refractivity contribution in [3.63, 3.8) is 0 Å². The highest BCUT2D eigenvalue weighted by molar-refractivity contribution is 9.10. The van der Waals surface area contributed by atoms with Crippen molar-refractivity contribution in [2.45, 2.75) is 6.61 Å². The maximum Gasteiger partial charge on any atom is 0.231 e. The lowest BCUT2D eigenvalue weighted by molar-refractivity contribution is 0.101. The molecule has 5 heteroatoms. The van der Waals surface area contributed by atoms with Gasteiger partial charge in [0.1, 0.15) is 23.9 Å². The van der Waals surface area contributed by atoms with E-state index in [4.69, 9.17) is 14.2 Å². The Kier molecular flexibility index (Phi) is 5.72. The smallest absolute Gasteiger partial charge is 0.231 e. The van der Waals surface area contributed by atoms with Gasteiger partial charge in [0, 0.05) is 16.1 Å². The molecule has 1 aliphatic heterocycles. The summed E-state index contributed by atoms with van der Waals surface area (Å²) in [7, 11) is 1.59. The van der Waals surface area contributed by atoms with Crippen molar-refractivity contribution in [1.82, 2.24) is 0 Å². The van der Waals surface area contributed by atoms with Crippen molar-refractivity contribution >= 4 is 33.9 Å². The van der Waals surface area contributed by atoms with E-state index in [9.17, 15) is 4.79 Å².